The number of carboxylic acids is 1. The average Bonchev–Trinajstić information content (AvgIpc) is 3.15. The van der Waals surface area contributed by atoms with E-state index in [-0.39, 0.29) is 9.90 Å². The van der Waals surface area contributed by atoms with E-state index in [0.717, 1.165) is 32.9 Å². The van der Waals surface area contributed by atoms with Crippen LogP contribution >= 0.6 is 35.2 Å². The second kappa shape index (κ2) is 6.35. The Morgan fingerprint density at radius 1 is 1.31 bits per heavy atom. The Bertz CT molecular complexity index is 1220. The largest absolute Gasteiger partial charge is 0.477 e. The van der Waals surface area contributed by atoms with Crippen molar-refractivity contribution in [3.63, 3.8) is 0 Å². The molecule has 2 aromatic carbocycles. The van der Waals surface area contributed by atoms with Gasteiger partial charge in [0.15, 0.2) is 10.6 Å². The molecule has 0 aliphatic rings. The first kappa shape index (κ1) is 17.0. The molecule has 0 atom stereocenters. The molecule has 0 spiro atoms. The maximum absolute atomic E-state index is 11.3. The van der Waals surface area contributed by atoms with Crippen molar-refractivity contribution in [2.24, 2.45) is 0 Å². The number of hydrogen-bond donors (Lipinski definition) is 2. The number of hydrogen-bond acceptors (Lipinski definition) is 4. The molecular formula is C18H12ClN3O2S2. The van der Waals surface area contributed by atoms with Gasteiger partial charge in [-0.25, -0.2) is 4.79 Å². The molecule has 2 N–H and O–H groups in total. The third-order valence-corrected chi connectivity index (χ3v) is 5.93. The van der Waals surface area contributed by atoms with Gasteiger partial charge in [0, 0.05) is 15.6 Å². The van der Waals surface area contributed by atoms with Crippen molar-refractivity contribution in [1.29, 1.82) is 0 Å². The molecule has 26 heavy (non-hydrogen) atoms. The van der Waals surface area contributed by atoms with Crippen molar-refractivity contribution >= 4 is 51.2 Å². The van der Waals surface area contributed by atoms with Gasteiger partial charge < -0.3 is 5.11 Å². The molecule has 2 aromatic heterocycles. The predicted molar refractivity (Wildman–Crippen MR) is 106 cm³/mol. The first-order valence-corrected chi connectivity index (χ1v) is 9.26. The molecule has 0 bridgehead atoms. The van der Waals surface area contributed by atoms with Crippen LogP contribution in [0.25, 0.3) is 27.2 Å². The van der Waals surface area contributed by atoms with Crippen LogP contribution in [0.4, 0.5) is 0 Å². The molecule has 0 saturated heterocycles. The van der Waals surface area contributed by atoms with Gasteiger partial charge in [-0.15, -0.1) is 11.3 Å². The van der Waals surface area contributed by atoms with E-state index in [1.807, 2.05) is 54.0 Å². The second-order valence-corrected chi connectivity index (χ2v) is 7.60. The highest BCUT2D eigenvalue weighted by molar-refractivity contribution is 7.71. The Morgan fingerprint density at radius 2 is 2.12 bits per heavy atom. The normalized spacial score (nSPS) is 11.2. The maximum Gasteiger partial charge on any atom is 0.347 e. The molecule has 0 aliphatic carbocycles. The molecule has 0 aliphatic heterocycles. The second-order valence-electron chi connectivity index (χ2n) is 5.79. The number of fused-ring (bicyclic) bond motifs is 1. The van der Waals surface area contributed by atoms with E-state index in [1.165, 1.54) is 0 Å². The Morgan fingerprint density at radius 3 is 2.85 bits per heavy atom. The molecule has 0 radical (unpaired) electrons. The molecule has 2 heterocycles. The fraction of sp³-hybridized carbons (Fsp3) is 0.0556. The number of H-pyrrole nitrogens is 1. The summed E-state index contributed by atoms with van der Waals surface area (Å²) in [6, 6.07) is 13.5. The number of carboxylic acid groups (broad SMARTS) is 1. The number of aromatic nitrogens is 3. The SMILES string of the molecule is Cc1cccc(-c2n[nH]c(=S)n2-c2ccc3c(Cl)c(C(=O)O)sc3c2)c1. The quantitative estimate of drug-likeness (QED) is 0.446. The van der Waals surface area contributed by atoms with Crippen LogP contribution in [-0.2, 0) is 0 Å². The number of aromatic carboxylic acids is 1. The van der Waals surface area contributed by atoms with Crippen LogP contribution in [0.15, 0.2) is 42.5 Å². The van der Waals surface area contributed by atoms with Crippen molar-refractivity contribution in [2.45, 2.75) is 6.92 Å². The predicted octanol–water partition coefficient (Wildman–Crippen LogP) is 5.47. The van der Waals surface area contributed by atoms with E-state index in [1.54, 1.807) is 0 Å². The molecule has 5 nitrogen and oxygen atoms in total. The van der Waals surface area contributed by atoms with Crippen LogP contribution in [0.2, 0.25) is 5.02 Å². The number of rotatable bonds is 3. The number of halogens is 1. The number of benzene rings is 2. The summed E-state index contributed by atoms with van der Waals surface area (Å²) in [7, 11) is 0. The first-order valence-electron chi connectivity index (χ1n) is 7.66. The van der Waals surface area contributed by atoms with Crippen molar-refractivity contribution in [1.82, 2.24) is 14.8 Å². The van der Waals surface area contributed by atoms with Gasteiger partial charge in [-0.2, -0.15) is 5.10 Å². The molecule has 0 saturated carbocycles. The zero-order chi connectivity index (χ0) is 18.4. The number of aromatic amines is 1. The zero-order valence-corrected chi connectivity index (χ0v) is 15.9. The summed E-state index contributed by atoms with van der Waals surface area (Å²) < 4.78 is 3.07. The molecule has 8 heteroatoms. The van der Waals surface area contributed by atoms with Crippen LogP contribution < -0.4 is 0 Å². The van der Waals surface area contributed by atoms with Gasteiger partial charge in [-0.05, 0) is 43.4 Å². The van der Waals surface area contributed by atoms with Gasteiger partial charge in [0.1, 0.15) is 4.88 Å². The van der Waals surface area contributed by atoms with E-state index in [0.29, 0.717) is 16.0 Å². The van der Waals surface area contributed by atoms with Gasteiger partial charge in [-0.1, -0.05) is 35.4 Å². The monoisotopic (exact) mass is 401 g/mol. The van der Waals surface area contributed by atoms with Crippen molar-refractivity contribution < 1.29 is 9.90 Å². The van der Waals surface area contributed by atoms with Gasteiger partial charge >= 0.3 is 5.97 Å². The minimum Gasteiger partial charge on any atom is -0.477 e. The van der Waals surface area contributed by atoms with Crippen molar-refractivity contribution in [3.05, 3.63) is 62.7 Å². The van der Waals surface area contributed by atoms with Gasteiger partial charge in [-0.3, -0.25) is 9.67 Å². The number of nitrogens with zero attached hydrogens (tertiary/aromatic N) is 2. The fourth-order valence-electron chi connectivity index (χ4n) is 2.84. The van der Waals surface area contributed by atoms with E-state index < -0.39 is 5.97 Å². The van der Waals surface area contributed by atoms with Crippen molar-refractivity contribution in [2.75, 3.05) is 0 Å². The van der Waals surface area contributed by atoms with Crippen LogP contribution in [-0.4, -0.2) is 25.8 Å². The van der Waals surface area contributed by atoms with Crippen molar-refractivity contribution in [3.8, 4) is 17.1 Å². The van der Waals surface area contributed by atoms with Crippen LogP contribution in [0.5, 0.6) is 0 Å². The lowest BCUT2D eigenvalue weighted by atomic mass is 10.1. The topological polar surface area (TPSA) is 70.9 Å². The van der Waals surface area contributed by atoms with Gasteiger partial charge in [0.25, 0.3) is 0 Å². The Hall–Kier alpha value is -2.48. The zero-order valence-electron chi connectivity index (χ0n) is 13.5. The maximum atomic E-state index is 11.3. The van der Waals surface area contributed by atoms with E-state index in [2.05, 4.69) is 10.2 Å². The van der Waals surface area contributed by atoms with E-state index in [4.69, 9.17) is 23.8 Å². The fourth-order valence-corrected chi connectivity index (χ4v) is 4.47. The molecule has 4 aromatic rings. The lowest BCUT2D eigenvalue weighted by Crippen LogP contribution is -1.97. The van der Waals surface area contributed by atoms with Gasteiger partial charge in [0.2, 0.25) is 0 Å². The highest BCUT2D eigenvalue weighted by Crippen LogP contribution is 2.37. The molecule has 0 unspecified atom stereocenters. The van der Waals surface area contributed by atoms with Gasteiger partial charge in [0.05, 0.1) is 10.7 Å². The van der Waals surface area contributed by atoms with E-state index >= 15 is 0 Å². The highest BCUT2D eigenvalue weighted by Gasteiger charge is 2.18. The minimum absolute atomic E-state index is 0.133. The van der Waals surface area contributed by atoms with Crippen LogP contribution in [0.1, 0.15) is 15.2 Å². The highest BCUT2D eigenvalue weighted by atomic mass is 35.5. The summed E-state index contributed by atoms with van der Waals surface area (Å²) in [5.41, 5.74) is 2.85. The van der Waals surface area contributed by atoms with Crippen LogP contribution in [0, 0.1) is 11.7 Å². The van der Waals surface area contributed by atoms with Crippen LogP contribution in [0.3, 0.4) is 0 Å². The lowest BCUT2D eigenvalue weighted by Gasteiger charge is -2.08. The standard InChI is InChI=1S/C18H12ClN3O2S2/c1-9-3-2-4-10(7-9)16-20-21-18(25)22(16)11-5-6-12-13(8-11)26-15(14(12)19)17(23)24/h2-8H,1H3,(H,21,25)(H,23,24). The third kappa shape index (κ3) is 2.74. The minimum atomic E-state index is -1.03. The molecule has 0 fully saturated rings. The summed E-state index contributed by atoms with van der Waals surface area (Å²) in [5.74, 6) is -0.336. The summed E-state index contributed by atoms with van der Waals surface area (Å²) >= 11 is 12.7. The Labute approximate surface area is 162 Å². The number of nitrogens with one attached hydrogen (secondary N) is 1. The molecular weight excluding hydrogens is 390 g/mol. The lowest BCUT2D eigenvalue weighted by molar-refractivity contribution is 0.0702. The number of carbonyl (C=O) groups is 1. The Balaban J connectivity index is 1.92. The number of aryl methyl sites for hydroxylation is 1. The summed E-state index contributed by atoms with van der Waals surface area (Å²) in [6.45, 7) is 2.02. The summed E-state index contributed by atoms with van der Waals surface area (Å²) in [4.78, 5) is 11.5. The third-order valence-electron chi connectivity index (χ3n) is 4.01. The average molecular weight is 402 g/mol. The molecule has 0 amide bonds. The smallest absolute Gasteiger partial charge is 0.347 e. The van der Waals surface area contributed by atoms with E-state index in [9.17, 15) is 9.90 Å². The molecule has 4 rings (SSSR count). The molecule has 130 valence electrons. The first-order chi connectivity index (χ1) is 12.5. The number of thiophene rings is 1. The Kier molecular flexibility index (Phi) is 4.14. The summed E-state index contributed by atoms with van der Waals surface area (Å²) in [5, 5.41) is 17.4. The summed E-state index contributed by atoms with van der Waals surface area (Å²) in [6.07, 6.45) is 0.